The summed E-state index contributed by atoms with van der Waals surface area (Å²) >= 11 is 0. The molecule has 1 saturated carbocycles. The second-order valence-corrected chi connectivity index (χ2v) is 9.73. The molecule has 186 valence electrons. The van der Waals surface area contributed by atoms with Gasteiger partial charge in [0.25, 0.3) is 0 Å². The van der Waals surface area contributed by atoms with Gasteiger partial charge in [-0.3, -0.25) is 9.59 Å². The molecule has 3 unspecified atom stereocenters. The molecule has 7 nitrogen and oxygen atoms in total. The highest BCUT2D eigenvalue weighted by atomic mass is 16.5. The molecular weight excluding hydrogens is 444 g/mol. The Labute approximate surface area is 206 Å². The predicted octanol–water partition coefficient (Wildman–Crippen LogP) is 4.84. The molecule has 2 aliphatic carbocycles. The second kappa shape index (κ2) is 11.4. The molecule has 1 fully saturated rings. The molecular formula is C28H34N2O5. The lowest BCUT2D eigenvalue weighted by Gasteiger charge is -2.27. The third kappa shape index (κ3) is 6.21. The van der Waals surface area contributed by atoms with E-state index >= 15 is 0 Å². The monoisotopic (exact) mass is 478 g/mol. The fraction of sp³-hybridized carbons (Fsp3) is 0.464. The first-order valence-corrected chi connectivity index (χ1v) is 12.6. The molecule has 0 radical (unpaired) electrons. The number of carbonyl (C=O) groups excluding carboxylic acids is 2. The van der Waals surface area contributed by atoms with Crippen molar-refractivity contribution in [3.05, 3.63) is 59.7 Å². The quantitative estimate of drug-likeness (QED) is 0.478. The molecule has 3 N–H and O–H groups in total. The van der Waals surface area contributed by atoms with Crippen LogP contribution in [0.3, 0.4) is 0 Å². The van der Waals surface area contributed by atoms with E-state index in [1.165, 1.54) is 22.3 Å². The molecule has 0 aromatic heterocycles. The van der Waals surface area contributed by atoms with Crippen molar-refractivity contribution in [3.8, 4) is 11.1 Å². The first kappa shape index (κ1) is 24.8. The molecule has 7 heteroatoms. The van der Waals surface area contributed by atoms with E-state index in [4.69, 9.17) is 4.74 Å². The van der Waals surface area contributed by atoms with E-state index in [1.54, 1.807) is 0 Å². The van der Waals surface area contributed by atoms with Gasteiger partial charge in [-0.05, 0) is 61.3 Å². The molecule has 0 bridgehead atoms. The topological polar surface area (TPSA) is 105 Å². The lowest BCUT2D eigenvalue weighted by atomic mass is 9.85. The summed E-state index contributed by atoms with van der Waals surface area (Å²) in [4.78, 5) is 35.9. The van der Waals surface area contributed by atoms with Crippen LogP contribution in [-0.2, 0) is 14.3 Å². The predicted molar refractivity (Wildman–Crippen MR) is 133 cm³/mol. The SMILES string of the molecule is CC(CCCC(=O)NC1CCCC(C(=O)O)C1)NC(=O)OCC1c2ccccc2-c2ccccc21. The summed E-state index contributed by atoms with van der Waals surface area (Å²) in [6.07, 6.45) is 4.02. The summed E-state index contributed by atoms with van der Waals surface area (Å²) in [6.45, 7) is 2.17. The van der Waals surface area contributed by atoms with Gasteiger partial charge in [-0.2, -0.15) is 0 Å². The number of amides is 2. The van der Waals surface area contributed by atoms with Crippen molar-refractivity contribution in [2.75, 3.05) is 6.61 Å². The Balaban J connectivity index is 1.17. The third-order valence-corrected chi connectivity index (χ3v) is 7.14. The Morgan fingerprint density at radius 2 is 1.69 bits per heavy atom. The summed E-state index contributed by atoms with van der Waals surface area (Å²) in [6, 6.07) is 16.3. The number of carboxylic acid groups (broad SMARTS) is 1. The van der Waals surface area contributed by atoms with E-state index in [1.807, 2.05) is 31.2 Å². The van der Waals surface area contributed by atoms with Crippen molar-refractivity contribution in [2.45, 2.75) is 69.9 Å². The molecule has 3 atom stereocenters. The molecule has 35 heavy (non-hydrogen) atoms. The van der Waals surface area contributed by atoms with Gasteiger partial charge < -0.3 is 20.5 Å². The number of fused-ring (bicyclic) bond motifs is 3. The summed E-state index contributed by atoms with van der Waals surface area (Å²) in [5, 5.41) is 15.0. The summed E-state index contributed by atoms with van der Waals surface area (Å²) < 4.78 is 5.59. The van der Waals surface area contributed by atoms with Crippen LogP contribution in [0.5, 0.6) is 0 Å². The molecule has 0 saturated heterocycles. The van der Waals surface area contributed by atoms with Crippen LogP contribution in [0.25, 0.3) is 11.1 Å². The number of rotatable bonds is 9. The van der Waals surface area contributed by atoms with Crippen molar-refractivity contribution in [3.63, 3.8) is 0 Å². The molecule has 2 aromatic rings. The number of ether oxygens (including phenoxy) is 1. The highest BCUT2D eigenvalue weighted by Crippen LogP contribution is 2.44. The lowest BCUT2D eigenvalue weighted by molar-refractivity contribution is -0.143. The highest BCUT2D eigenvalue weighted by molar-refractivity contribution is 5.79. The number of hydrogen-bond donors (Lipinski definition) is 3. The number of hydrogen-bond acceptors (Lipinski definition) is 4. The van der Waals surface area contributed by atoms with Gasteiger partial charge in [-0.25, -0.2) is 4.79 Å². The van der Waals surface area contributed by atoms with Crippen LogP contribution < -0.4 is 10.6 Å². The Morgan fingerprint density at radius 3 is 2.34 bits per heavy atom. The first-order chi connectivity index (χ1) is 16.9. The number of alkyl carbamates (subject to hydrolysis) is 1. The maximum absolute atomic E-state index is 12.4. The van der Waals surface area contributed by atoms with Crippen LogP contribution in [0.15, 0.2) is 48.5 Å². The first-order valence-electron chi connectivity index (χ1n) is 12.6. The van der Waals surface area contributed by atoms with Crippen molar-refractivity contribution >= 4 is 18.0 Å². The fourth-order valence-corrected chi connectivity index (χ4v) is 5.33. The Bertz CT molecular complexity index is 1020. The smallest absolute Gasteiger partial charge is 0.407 e. The maximum Gasteiger partial charge on any atom is 0.407 e. The number of carbonyl (C=O) groups is 3. The van der Waals surface area contributed by atoms with Gasteiger partial charge in [0.05, 0.1) is 5.92 Å². The zero-order valence-electron chi connectivity index (χ0n) is 20.2. The molecule has 0 aliphatic heterocycles. The van der Waals surface area contributed by atoms with E-state index in [2.05, 4.69) is 34.9 Å². The molecule has 2 amide bonds. The lowest BCUT2D eigenvalue weighted by Crippen LogP contribution is -2.40. The highest BCUT2D eigenvalue weighted by Gasteiger charge is 2.29. The fourth-order valence-electron chi connectivity index (χ4n) is 5.33. The molecule has 2 aromatic carbocycles. The zero-order chi connectivity index (χ0) is 24.8. The third-order valence-electron chi connectivity index (χ3n) is 7.14. The standard InChI is InChI=1S/C28H34N2O5/c1-18(8-6-15-26(31)30-20-10-7-9-19(16-20)27(32)33)29-28(34)35-17-25-23-13-4-2-11-21(23)22-12-3-5-14-24(22)25/h2-5,11-14,18-20,25H,6-10,15-17H2,1H3,(H,29,34)(H,30,31)(H,32,33). The van der Waals surface area contributed by atoms with Gasteiger partial charge in [-0.1, -0.05) is 55.0 Å². The minimum absolute atomic E-state index is 0.0210. The summed E-state index contributed by atoms with van der Waals surface area (Å²) in [7, 11) is 0. The maximum atomic E-state index is 12.4. The molecule has 0 heterocycles. The van der Waals surface area contributed by atoms with Crippen LogP contribution in [0.2, 0.25) is 0 Å². The van der Waals surface area contributed by atoms with Gasteiger partial charge in [0.1, 0.15) is 6.61 Å². The Morgan fingerprint density at radius 1 is 1.03 bits per heavy atom. The molecule has 0 spiro atoms. The Kier molecular flexibility index (Phi) is 8.06. The summed E-state index contributed by atoms with van der Waals surface area (Å²) in [5.41, 5.74) is 4.73. The average molecular weight is 479 g/mol. The van der Waals surface area contributed by atoms with Crippen molar-refractivity contribution < 1.29 is 24.2 Å². The van der Waals surface area contributed by atoms with Gasteiger partial charge in [-0.15, -0.1) is 0 Å². The normalized spacial score (nSPS) is 19.8. The largest absolute Gasteiger partial charge is 0.481 e. The van der Waals surface area contributed by atoms with Crippen LogP contribution in [0.1, 0.15) is 68.9 Å². The van der Waals surface area contributed by atoms with Crippen LogP contribution >= 0.6 is 0 Å². The number of carboxylic acids is 1. The summed E-state index contributed by atoms with van der Waals surface area (Å²) in [5.74, 6) is -1.19. The molecule has 4 rings (SSSR count). The average Bonchev–Trinajstić information content (AvgIpc) is 3.16. The van der Waals surface area contributed by atoms with E-state index in [9.17, 15) is 19.5 Å². The van der Waals surface area contributed by atoms with Gasteiger partial charge in [0, 0.05) is 24.4 Å². The molecule has 2 aliphatic rings. The number of benzene rings is 2. The van der Waals surface area contributed by atoms with E-state index < -0.39 is 12.1 Å². The van der Waals surface area contributed by atoms with Crippen LogP contribution in [0.4, 0.5) is 4.79 Å². The van der Waals surface area contributed by atoms with Gasteiger partial charge in [0.15, 0.2) is 0 Å². The number of nitrogens with one attached hydrogen (secondary N) is 2. The minimum Gasteiger partial charge on any atom is -0.481 e. The van der Waals surface area contributed by atoms with Gasteiger partial charge >= 0.3 is 12.1 Å². The Hall–Kier alpha value is -3.35. The van der Waals surface area contributed by atoms with Crippen LogP contribution in [-0.4, -0.2) is 41.8 Å². The minimum atomic E-state index is -0.780. The van der Waals surface area contributed by atoms with E-state index in [0.29, 0.717) is 32.1 Å². The van der Waals surface area contributed by atoms with E-state index in [-0.39, 0.29) is 36.4 Å². The van der Waals surface area contributed by atoms with Crippen LogP contribution in [0, 0.1) is 5.92 Å². The van der Waals surface area contributed by atoms with E-state index in [0.717, 1.165) is 12.8 Å². The number of aliphatic carboxylic acids is 1. The van der Waals surface area contributed by atoms with Crippen molar-refractivity contribution in [2.24, 2.45) is 5.92 Å². The zero-order valence-corrected chi connectivity index (χ0v) is 20.2. The van der Waals surface area contributed by atoms with Crippen molar-refractivity contribution in [1.82, 2.24) is 10.6 Å². The second-order valence-electron chi connectivity index (χ2n) is 9.73. The van der Waals surface area contributed by atoms with Crippen molar-refractivity contribution in [1.29, 1.82) is 0 Å². The van der Waals surface area contributed by atoms with Gasteiger partial charge in [0.2, 0.25) is 5.91 Å².